The highest BCUT2D eigenvalue weighted by molar-refractivity contribution is 5.72. The molecule has 122 valence electrons. The third-order valence-electron chi connectivity index (χ3n) is 4.15. The topological polar surface area (TPSA) is 66.8 Å². The normalized spacial score (nSPS) is 18.1. The van der Waals surface area contributed by atoms with Crippen LogP contribution in [-0.4, -0.2) is 40.8 Å². The highest BCUT2D eigenvalue weighted by atomic mass is 16.6. The lowest BCUT2D eigenvalue weighted by molar-refractivity contribution is -0.139. The molecule has 0 heterocycles. The van der Waals surface area contributed by atoms with Gasteiger partial charge in [0.05, 0.1) is 19.1 Å². The van der Waals surface area contributed by atoms with Crippen LogP contribution in [0.4, 0.5) is 4.79 Å². The van der Waals surface area contributed by atoms with Crippen LogP contribution < -0.4 is 0 Å². The molecular weight excluding hydrogens is 270 g/mol. The van der Waals surface area contributed by atoms with Gasteiger partial charge in [0.2, 0.25) is 0 Å². The Bertz CT molecular complexity index is 356. The van der Waals surface area contributed by atoms with E-state index in [4.69, 9.17) is 4.74 Å². The van der Waals surface area contributed by atoms with Gasteiger partial charge in [0.15, 0.2) is 0 Å². The zero-order valence-electron chi connectivity index (χ0n) is 13.7. The zero-order valence-corrected chi connectivity index (χ0v) is 13.7. The molecule has 1 aliphatic carbocycles. The van der Waals surface area contributed by atoms with Crippen molar-refractivity contribution in [2.75, 3.05) is 6.61 Å². The van der Waals surface area contributed by atoms with Gasteiger partial charge in [0.25, 0.3) is 0 Å². The molecule has 0 bridgehead atoms. The number of nitrogens with zero attached hydrogens (tertiary/aromatic N) is 1. The maximum absolute atomic E-state index is 12.4. The van der Waals surface area contributed by atoms with Gasteiger partial charge in [-0.25, -0.2) is 4.79 Å². The molecule has 0 saturated heterocycles. The van der Waals surface area contributed by atoms with Crippen molar-refractivity contribution in [3.05, 3.63) is 0 Å². The van der Waals surface area contributed by atoms with E-state index in [2.05, 4.69) is 0 Å². The summed E-state index contributed by atoms with van der Waals surface area (Å²) in [6, 6.07) is -0.251. The minimum Gasteiger partial charge on any atom is -0.481 e. The number of carbonyl (C=O) groups is 2. The highest BCUT2D eigenvalue weighted by Crippen LogP contribution is 2.33. The van der Waals surface area contributed by atoms with Gasteiger partial charge < -0.3 is 14.7 Å². The molecule has 1 amide bonds. The van der Waals surface area contributed by atoms with Crippen molar-refractivity contribution in [3.8, 4) is 0 Å². The fraction of sp³-hybridized carbons (Fsp3) is 0.875. The van der Waals surface area contributed by atoms with Crippen LogP contribution in [0, 0.1) is 5.41 Å². The maximum Gasteiger partial charge on any atom is 0.410 e. The molecule has 1 fully saturated rings. The maximum atomic E-state index is 12.4. The Balaban J connectivity index is 3.04. The van der Waals surface area contributed by atoms with E-state index in [1.165, 1.54) is 6.42 Å². The lowest BCUT2D eigenvalue weighted by atomic mass is 9.81. The van der Waals surface area contributed by atoms with Gasteiger partial charge in [-0.2, -0.15) is 0 Å². The summed E-state index contributed by atoms with van der Waals surface area (Å²) in [5, 5.41) is 9.23. The fourth-order valence-corrected chi connectivity index (χ4v) is 3.08. The highest BCUT2D eigenvalue weighted by Gasteiger charge is 2.40. The number of hydrogen-bond donors (Lipinski definition) is 1. The van der Waals surface area contributed by atoms with Crippen molar-refractivity contribution < 1.29 is 19.4 Å². The van der Waals surface area contributed by atoms with E-state index < -0.39 is 5.97 Å². The number of ether oxygens (including phenoxy) is 1. The summed E-state index contributed by atoms with van der Waals surface area (Å²) < 4.78 is 5.21. The van der Waals surface area contributed by atoms with Crippen molar-refractivity contribution in [2.45, 2.75) is 78.3 Å². The summed E-state index contributed by atoms with van der Waals surface area (Å²) >= 11 is 0. The Labute approximate surface area is 127 Å². The van der Waals surface area contributed by atoms with Crippen molar-refractivity contribution >= 4 is 12.1 Å². The second-order valence-electron chi connectivity index (χ2n) is 6.88. The average molecular weight is 299 g/mol. The second kappa shape index (κ2) is 7.66. The largest absolute Gasteiger partial charge is 0.481 e. The molecule has 0 aromatic carbocycles. The van der Waals surface area contributed by atoms with Crippen LogP contribution in [0.2, 0.25) is 0 Å². The molecule has 1 N–H and O–H groups in total. The first kappa shape index (κ1) is 17.8. The first-order chi connectivity index (χ1) is 9.77. The first-order valence-corrected chi connectivity index (χ1v) is 7.94. The van der Waals surface area contributed by atoms with Crippen LogP contribution in [0.1, 0.15) is 66.2 Å². The van der Waals surface area contributed by atoms with E-state index in [1.807, 2.05) is 20.8 Å². The predicted octanol–water partition coefficient (Wildman–Crippen LogP) is 3.67. The molecule has 0 radical (unpaired) electrons. The number of amides is 1. The number of carboxylic acids is 1. The summed E-state index contributed by atoms with van der Waals surface area (Å²) in [6.45, 7) is 8.03. The molecule has 1 rings (SSSR count). The van der Waals surface area contributed by atoms with E-state index in [9.17, 15) is 14.7 Å². The molecule has 0 aromatic heterocycles. The molecule has 21 heavy (non-hydrogen) atoms. The zero-order chi connectivity index (χ0) is 16.0. The third kappa shape index (κ3) is 5.21. The number of carboxylic acid groups (broad SMARTS) is 1. The minimum absolute atomic E-state index is 0.0428. The van der Waals surface area contributed by atoms with Gasteiger partial charge in [-0.15, -0.1) is 0 Å². The van der Waals surface area contributed by atoms with E-state index in [0.717, 1.165) is 25.7 Å². The minimum atomic E-state index is -0.875. The number of aliphatic carboxylic acids is 1. The van der Waals surface area contributed by atoms with Gasteiger partial charge in [-0.3, -0.25) is 4.79 Å². The molecule has 1 aliphatic rings. The average Bonchev–Trinajstić information content (AvgIpc) is 2.38. The molecular formula is C16H29NO4. The molecule has 5 nitrogen and oxygen atoms in total. The standard InChI is InChI=1S/C16H29NO4/c1-5-21-15(20)17(12-9-7-6-8-10-12)13(11-14(18)19)16(2,3)4/h12-13H,5-11H2,1-4H3,(H,18,19). The van der Waals surface area contributed by atoms with Crippen LogP contribution in [0.3, 0.4) is 0 Å². The fourth-order valence-electron chi connectivity index (χ4n) is 3.08. The van der Waals surface area contributed by atoms with Gasteiger partial charge in [-0.05, 0) is 25.2 Å². The Hall–Kier alpha value is -1.26. The van der Waals surface area contributed by atoms with Gasteiger partial charge in [0, 0.05) is 6.04 Å². The van der Waals surface area contributed by atoms with Gasteiger partial charge in [0.1, 0.15) is 0 Å². The number of carbonyl (C=O) groups excluding carboxylic acids is 1. The number of rotatable bonds is 5. The van der Waals surface area contributed by atoms with Crippen LogP contribution in [0.15, 0.2) is 0 Å². The first-order valence-electron chi connectivity index (χ1n) is 7.94. The van der Waals surface area contributed by atoms with Crippen LogP contribution in [-0.2, 0) is 9.53 Å². The summed E-state index contributed by atoms with van der Waals surface area (Å²) in [7, 11) is 0. The summed E-state index contributed by atoms with van der Waals surface area (Å²) in [6.07, 6.45) is 4.82. The molecule has 1 atom stereocenters. The smallest absolute Gasteiger partial charge is 0.410 e. The van der Waals surface area contributed by atoms with Crippen molar-refractivity contribution in [3.63, 3.8) is 0 Å². The quantitative estimate of drug-likeness (QED) is 0.841. The molecule has 0 spiro atoms. The van der Waals surface area contributed by atoms with Crippen LogP contribution in [0.25, 0.3) is 0 Å². The summed E-state index contributed by atoms with van der Waals surface area (Å²) in [5.74, 6) is -0.875. The Morgan fingerprint density at radius 3 is 2.24 bits per heavy atom. The van der Waals surface area contributed by atoms with E-state index in [0.29, 0.717) is 6.61 Å². The number of hydrogen-bond acceptors (Lipinski definition) is 3. The van der Waals surface area contributed by atoms with Crippen molar-refractivity contribution in [2.24, 2.45) is 5.41 Å². The Morgan fingerprint density at radius 1 is 1.24 bits per heavy atom. The van der Waals surface area contributed by atoms with E-state index in [1.54, 1.807) is 11.8 Å². The lowest BCUT2D eigenvalue weighted by Crippen LogP contribution is -2.54. The lowest BCUT2D eigenvalue weighted by Gasteiger charge is -2.44. The predicted molar refractivity (Wildman–Crippen MR) is 81.2 cm³/mol. The molecule has 0 aromatic rings. The van der Waals surface area contributed by atoms with Gasteiger partial charge >= 0.3 is 12.1 Å². The molecule has 1 unspecified atom stereocenters. The van der Waals surface area contributed by atoms with Crippen LogP contribution >= 0.6 is 0 Å². The van der Waals surface area contributed by atoms with Crippen molar-refractivity contribution in [1.29, 1.82) is 0 Å². The summed E-state index contributed by atoms with van der Waals surface area (Å²) in [5.41, 5.74) is -0.303. The summed E-state index contributed by atoms with van der Waals surface area (Å²) in [4.78, 5) is 25.4. The van der Waals surface area contributed by atoms with Crippen molar-refractivity contribution in [1.82, 2.24) is 4.90 Å². The monoisotopic (exact) mass is 299 g/mol. The SMILES string of the molecule is CCOC(=O)N(C1CCCCC1)C(CC(=O)O)C(C)(C)C. The van der Waals surface area contributed by atoms with E-state index >= 15 is 0 Å². The van der Waals surface area contributed by atoms with Gasteiger partial charge in [-0.1, -0.05) is 40.0 Å². The van der Waals surface area contributed by atoms with Crippen LogP contribution in [0.5, 0.6) is 0 Å². The second-order valence-corrected chi connectivity index (χ2v) is 6.88. The third-order valence-corrected chi connectivity index (χ3v) is 4.15. The molecule has 0 aliphatic heterocycles. The van der Waals surface area contributed by atoms with E-state index in [-0.39, 0.29) is 30.0 Å². The Morgan fingerprint density at radius 2 is 1.81 bits per heavy atom. The Kier molecular flexibility index (Phi) is 6.49. The molecule has 5 heteroatoms. The molecule has 1 saturated carbocycles.